The minimum Gasteiger partial charge on any atom is -0.461 e. The van der Waals surface area contributed by atoms with Gasteiger partial charge in [-0.15, -0.1) is 42.3 Å². The molecule has 1 saturated heterocycles. The molecule has 1 fully saturated rings. The summed E-state index contributed by atoms with van der Waals surface area (Å²) in [6.07, 6.45) is 1.60. The largest absolute Gasteiger partial charge is 0.461 e. The van der Waals surface area contributed by atoms with Gasteiger partial charge in [0.2, 0.25) is 11.8 Å². The Hall–Kier alpha value is -1.58. The molecule has 0 spiro atoms. The van der Waals surface area contributed by atoms with E-state index in [0.29, 0.717) is 23.2 Å². The maximum Gasteiger partial charge on any atom is 0.223 e. The highest BCUT2D eigenvalue weighted by atomic mass is 35.5. The highest BCUT2D eigenvalue weighted by Gasteiger charge is 2.18. The van der Waals surface area contributed by atoms with E-state index in [1.807, 2.05) is 18.2 Å². The molecule has 4 heterocycles. The van der Waals surface area contributed by atoms with Crippen LogP contribution in [-0.4, -0.2) is 62.1 Å². The van der Waals surface area contributed by atoms with Crippen molar-refractivity contribution in [3.8, 4) is 11.6 Å². The molecule has 1 aliphatic rings. The Morgan fingerprint density at radius 2 is 1.78 bits per heavy atom. The van der Waals surface area contributed by atoms with Gasteiger partial charge in [0.15, 0.2) is 11.4 Å². The van der Waals surface area contributed by atoms with Gasteiger partial charge in [-0.1, -0.05) is 6.92 Å². The van der Waals surface area contributed by atoms with Gasteiger partial charge in [-0.3, -0.25) is 4.90 Å². The van der Waals surface area contributed by atoms with Crippen molar-refractivity contribution in [3.05, 3.63) is 30.2 Å². The van der Waals surface area contributed by atoms with Gasteiger partial charge in [0, 0.05) is 38.8 Å². The van der Waals surface area contributed by atoms with Gasteiger partial charge in [0.05, 0.1) is 12.0 Å². The molecule has 0 amide bonds. The Kier molecular flexibility index (Phi) is 8.77. The summed E-state index contributed by atoms with van der Waals surface area (Å²) in [6, 6.07) is 5.58. The first-order valence-corrected chi connectivity index (χ1v) is 8.23. The SMILES string of the molecule is CCN1CCN(Cc2cc3nc(-c4ccco4)nn3c(N)n2)CC1.Cl.Cl.Cl. The molecular weight excluding hydrogens is 413 g/mol. The van der Waals surface area contributed by atoms with Crippen molar-refractivity contribution >= 4 is 48.8 Å². The molecule has 2 N–H and O–H groups in total. The van der Waals surface area contributed by atoms with E-state index in [1.54, 1.807) is 10.8 Å². The van der Waals surface area contributed by atoms with Crippen molar-refractivity contribution in [1.29, 1.82) is 0 Å². The van der Waals surface area contributed by atoms with Gasteiger partial charge in [-0.05, 0) is 18.7 Å². The maximum absolute atomic E-state index is 6.06. The second-order valence-corrected chi connectivity index (χ2v) is 6.00. The predicted octanol–water partition coefficient (Wildman–Crippen LogP) is 2.37. The highest BCUT2D eigenvalue weighted by Crippen LogP contribution is 2.18. The van der Waals surface area contributed by atoms with Crippen LogP contribution in [0.2, 0.25) is 0 Å². The summed E-state index contributed by atoms with van der Waals surface area (Å²) in [6.45, 7) is 8.38. The van der Waals surface area contributed by atoms with Crippen molar-refractivity contribution in [2.24, 2.45) is 0 Å². The zero-order valence-electron chi connectivity index (χ0n) is 14.9. The molecule has 1 aliphatic heterocycles. The molecule has 150 valence electrons. The van der Waals surface area contributed by atoms with Crippen molar-refractivity contribution < 1.29 is 4.42 Å². The fraction of sp³-hybridized carbons (Fsp3) is 0.438. The molecule has 8 nitrogen and oxygen atoms in total. The Labute approximate surface area is 176 Å². The number of hydrogen-bond donors (Lipinski definition) is 1. The Bertz CT molecular complexity index is 832. The van der Waals surface area contributed by atoms with E-state index in [9.17, 15) is 0 Å². The summed E-state index contributed by atoms with van der Waals surface area (Å²) in [7, 11) is 0. The number of furan rings is 1. The van der Waals surface area contributed by atoms with E-state index >= 15 is 0 Å². The van der Waals surface area contributed by atoms with Gasteiger partial charge in [-0.2, -0.15) is 4.52 Å². The van der Waals surface area contributed by atoms with Gasteiger partial charge < -0.3 is 15.1 Å². The zero-order chi connectivity index (χ0) is 16.5. The van der Waals surface area contributed by atoms with E-state index in [2.05, 4.69) is 31.8 Å². The fourth-order valence-electron chi connectivity index (χ4n) is 3.05. The first-order chi connectivity index (χ1) is 11.7. The van der Waals surface area contributed by atoms with Crippen LogP contribution in [0.15, 0.2) is 28.9 Å². The number of piperazine rings is 1. The topological polar surface area (TPSA) is 88.7 Å². The Balaban J connectivity index is 0.00000121. The highest BCUT2D eigenvalue weighted by molar-refractivity contribution is 5.86. The molecule has 11 heteroatoms. The lowest BCUT2D eigenvalue weighted by atomic mass is 10.3. The van der Waals surface area contributed by atoms with Crippen LogP contribution in [-0.2, 0) is 6.54 Å². The second kappa shape index (κ2) is 10.1. The van der Waals surface area contributed by atoms with Crippen LogP contribution < -0.4 is 5.73 Å². The molecule has 0 unspecified atom stereocenters. The molecule has 0 aromatic carbocycles. The van der Waals surface area contributed by atoms with E-state index in [0.717, 1.165) is 45.0 Å². The third-order valence-corrected chi connectivity index (χ3v) is 4.44. The van der Waals surface area contributed by atoms with Crippen LogP contribution in [0.3, 0.4) is 0 Å². The fourth-order valence-corrected chi connectivity index (χ4v) is 3.05. The van der Waals surface area contributed by atoms with Crippen LogP contribution in [0, 0.1) is 0 Å². The molecule has 0 saturated carbocycles. The van der Waals surface area contributed by atoms with Crippen molar-refractivity contribution in [3.63, 3.8) is 0 Å². The standard InChI is InChI=1S/C16H21N7O.3ClH/c1-2-21-5-7-22(8-6-21)11-12-10-14-19-15(13-4-3-9-24-13)20-23(14)16(17)18-12;;;/h3-4,9-10H,2,5-8,11H2,1H3,(H2,17,18);3*1H. The summed E-state index contributed by atoms with van der Waals surface area (Å²) in [5.41, 5.74) is 7.68. The first-order valence-electron chi connectivity index (χ1n) is 8.23. The number of nitrogen functional groups attached to an aromatic ring is 1. The van der Waals surface area contributed by atoms with Crippen LogP contribution in [0.25, 0.3) is 17.2 Å². The molecule has 27 heavy (non-hydrogen) atoms. The van der Waals surface area contributed by atoms with E-state index in [1.165, 1.54) is 0 Å². The maximum atomic E-state index is 6.06. The number of hydrogen-bond acceptors (Lipinski definition) is 7. The second-order valence-electron chi connectivity index (χ2n) is 6.00. The number of anilines is 1. The average Bonchev–Trinajstić information content (AvgIpc) is 3.25. The number of likely N-dealkylation sites (N-methyl/N-ethyl adjacent to an activating group) is 1. The van der Waals surface area contributed by atoms with Crippen molar-refractivity contribution in [1.82, 2.24) is 29.4 Å². The lowest BCUT2D eigenvalue weighted by molar-refractivity contribution is 0.131. The number of rotatable bonds is 4. The van der Waals surface area contributed by atoms with Gasteiger partial charge in [0.1, 0.15) is 0 Å². The van der Waals surface area contributed by atoms with Gasteiger partial charge in [-0.25, -0.2) is 9.97 Å². The number of halogens is 3. The van der Waals surface area contributed by atoms with Crippen LogP contribution in [0.1, 0.15) is 12.6 Å². The third kappa shape index (κ3) is 5.03. The average molecular weight is 437 g/mol. The van der Waals surface area contributed by atoms with Crippen LogP contribution in [0.4, 0.5) is 5.95 Å². The van der Waals surface area contributed by atoms with Crippen LogP contribution >= 0.6 is 37.2 Å². The summed E-state index contributed by atoms with van der Waals surface area (Å²) in [5.74, 6) is 1.48. The van der Waals surface area contributed by atoms with Gasteiger partial charge >= 0.3 is 0 Å². The quantitative estimate of drug-likeness (QED) is 0.671. The molecule has 3 aromatic heterocycles. The van der Waals surface area contributed by atoms with E-state index in [4.69, 9.17) is 10.2 Å². The van der Waals surface area contributed by atoms with Gasteiger partial charge in [0.25, 0.3) is 0 Å². The van der Waals surface area contributed by atoms with E-state index < -0.39 is 0 Å². The molecule has 4 rings (SSSR count). The number of fused-ring (bicyclic) bond motifs is 1. The molecule has 0 radical (unpaired) electrons. The number of nitrogens with two attached hydrogens (primary N) is 1. The zero-order valence-corrected chi connectivity index (χ0v) is 17.4. The predicted molar refractivity (Wildman–Crippen MR) is 112 cm³/mol. The molecular formula is C16H24Cl3N7O. The Morgan fingerprint density at radius 1 is 1.07 bits per heavy atom. The lowest BCUT2D eigenvalue weighted by Gasteiger charge is -2.33. The smallest absolute Gasteiger partial charge is 0.223 e. The van der Waals surface area contributed by atoms with E-state index in [-0.39, 0.29) is 37.2 Å². The summed E-state index contributed by atoms with van der Waals surface area (Å²) < 4.78 is 6.90. The van der Waals surface area contributed by atoms with Crippen LogP contribution in [0.5, 0.6) is 0 Å². The summed E-state index contributed by atoms with van der Waals surface area (Å²) in [5, 5.41) is 4.37. The number of nitrogens with zero attached hydrogens (tertiary/aromatic N) is 6. The lowest BCUT2D eigenvalue weighted by Crippen LogP contribution is -2.45. The summed E-state index contributed by atoms with van der Waals surface area (Å²) in [4.78, 5) is 13.8. The minimum absolute atomic E-state index is 0. The monoisotopic (exact) mass is 435 g/mol. The normalized spacial score (nSPS) is 15.0. The first kappa shape index (κ1) is 23.5. The van der Waals surface area contributed by atoms with Crippen molar-refractivity contribution in [2.75, 3.05) is 38.5 Å². The Morgan fingerprint density at radius 3 is 2.41 bits per heavy atom. The minimum atomic E-state index is 0. The molecule has 3 aromatic rings. The molecule has 0 atom stereocenters. The third-order valence-electron chi connectivity index (χ3n) is 4.44. The number of aromatic nitrogens is 4. The summed E-state index contributed by atoms with van der Waals surface area (Å²) >= 11 is 0. The molecule has 0 aliphatic carbocycles. The van der Waals surface area contributed by atoms with Crippen molar-refractivity contribution in [2.45, 2.75) is 13.5 Å². The molecule has 0 bridgehead atoms.